The molecule has 0 fully saturated rings. The number of halogens is 1. The predicted molar refractivity (Wildman–Crippen MR) is 79.9 cm³/mol. The molecule has 0 aliphatic heterocycles. The maximum atomic E-state index is 10.8. The van der Waals surface area contributed by atoms with Crippen LogP contribution in [0.4, 0.5) is 11.4 Å². The van der Waals surface area contributed by atoms with Crippen LogP contribution in [-0.4, -0.2) is 11.0 Å². The molecule has 0 amide bonds. The Labute approximate surface area is 119 Å². The summed E-state index contributed by atoms with van der Waals surface area (Å²) >= 11 is 5.80. The number of benzene rings is 1. The van der Waals surface area contributed by atoms with Gasteiger partial charge in [-0.3, -0.25) is 10.1 Å². The first-order valence-corrected chi connectivity index (χ1v) is 7.06. The summed E-state index contributed by atoms with van der Waals surface area (Å²) in [5.74, 6) is 0.639. The molecule has 1 aromatic rings. The van der Waals surface area contributed by atoms with Gasteiger partial charge >= 0.3 is 0 Å². The van der Waals surface area contributed by atoms with E-state index in [-0.39, 0.29) is 10.7 Å². The number of nitro groups is 1. The van der Waals surface area contributed by atoms with Crippen LogP contribution in [0.25, 0.3) is 0 Å². The Hall–Kier alpha value is -1.29. The van der Waals surface area contributed by atoms with Crippen molar-refractivity contribution in [3.05, 3.63) is 33.3 Å². The van der Waals surface area contributed by atoms with Crippen LogP contribution in [-0.2, 0) is 0 Å². The Bertz CT molecular complexity index is 437. The number of nitro benzene ring substituents is 1. The summed E-state index contributed by atoms with van der Waals surface area (Å²) in [6.45, 7) is 6.50. The summed E-state index contributed by atoms with van der Waals surface area (Å²) < 4.78 is 0. The lowest BCUT2D eigenvalue weighted by Crippen LogP contribution is -2.21. The minimum atomic E-state index is -0.455. The predicted octanol–water partition coefficient (Wildman–Crippen LogP) is 4.87. The molecule has 19 heavy (non-hydrogen) atoms. The molecular weight excluding hydrogens is 264 g/mol. The lowest BCUT2D eigenvalue weighted by Gasteiger charge is -2.21. The molecule has 0 aliphatic rings. The number of anilines is 1. The third-order valence-corrected chi connectivity index (χ3v) is 3.71. The molecule has 106 valence electrons. The first-order valence-electron chi connectivity index (χ1n) is 6.68. The third-order valence-electron chi connectivity index (χ3n) is 3.39. The van der Waals surface area contributed by atoms with Crippen LogP contribution in [0.1, 0.15) is 40.0 Å². The van der Waals surface area contributed by atoms with Crippen LogP contribution < -0.4 is 5.32 Å². The Morgan fingerprint density at radius 2 is 2.05 bits per heavy atom. The molecule has 0 saturated heterocycles. The SMILES string of the molecule is CCC(C)CC(CC)Nc1ccc(Cl)c([N+](=O)[O-])c1. The number of hydrogen-bond acceptors (Lipinski definition) is 3. The van der Waals surface area contributed by atoms with Gasteiger partial charge in [0.25, 0.3) is 5.69 Å². The van der Waals surface area contributed by atoms with Gasteiger partial charge < -0.3 is 5.32 Å². The van der Waals surface area contributed by atoms with Crippen molar-refractivity contribution < 1.29 is 4.92 Å². The van der Waals surface area contributed by atoms with E-state index < -0.39 is 4.92 Å². The van der Waals surface area contributed by atoms with E-state index in [1.165, 1.54) is 6.07 Å². The van der Waals surface area contributed by atoms with Crippen LogP contribution in [0, 0.1) is 16.0 Å². The molecule has 0 bridgehead atoms. The smallest absolute Gasteiger partial charge is 0.289 e. The summed E-state index contributed by atoms with van der Waals surface area (Å²) in [6, 6.07) is 5.18. The van der Waals surface area contributed by atoms with Crippen molar-refractivity contribution in [2.45, 2.75) is 46.1 Å². The molecular formula is C14H21ClN2O2. The highest BCUT2D eigenvalue weighted by Gasteiger charge is 2.15. The van der Waals surface area contributed by atoms with Gasteiger partial charge in [0.15, 0.2) is 0 Å². The maximum Gasteiger partial charge on any atom is 0.289 e. The molecule has 0 aromatic heterocycles. The van der Waals surface area contributed by atoms with Gasteiger partial charge in [0.2, 0.25) is 0 Å². The molecule has 2 atom stereocenters. The maximum absolute atomic E-state index is 10.8. The lowest BCUT2D eigenvalue weighted by atomic mass is 9.97. The van der Waals surface area contributed by atoms with Crippen molar-refractivity contribution in [3.8, 4) is 0 Å². The topological polar surface area (TPSA) is 55.2 Å². The van der Waals surface area contributed by atoms with Gasteiger partial charge in [-0.25, -0.2) is 0 Å². The quantitative estimate of drug-likeness (QED) is 0.574. The highest BCUT2D eigenvalue weighted by atomic mass is 35.5. The average Bonchev–Trinajstić information content (AvgIpc) is 2.39. The minimum absolute atomic E-state index is 0.0509. The zero-order valence-corrected chi connectivity index (χ0v) is 12.4. The van der Waals surface area contributed by atoms with Crippen molar-refractivity contribution >= 4 is 23.0 Å². The highest BCUT2D eigenvalue weighted by molar-refractivity contribution is 6.32. The van der Waals surface area contributed by atoms with E-state index in [1.807, 2.05) is 0 Å². The van der Waals surface area contributed by atoms with E-state index in [0.29, 0.717) is 12.0 Å². The van der Waals surface area contributed by atoms with Crippen molar-refractivity contribution in [3.63, 3.8) is 0 Å². The highest BCUT2D eigenvalue weighted by Crippen LogP contribution is 2.28. The lowest BCUT2D eigenvalue weighted by molar-refractivity contribution is -0.384. The monoisotopic (exact) mass is 284 g/mol. The van der Waals surface area contributed by atoms with Gasteiger partial charge in [-0.2, -0.15) is 0 Å². The molecule has 0 heterocycles. The van der Waals surface area contributed by atoms with E-state index >= 15 is 0 Å². The van der Waals surface area contributed by atoms with Crippen LogP contribution in [0.3, 0.4) is 0 Å². The Kier molecular flexibility index (Phi) is 6.09. The van der Waals surface area contributed by atoms with Crippen LogP contribution in [0.2, 0.25) is 5.02 Å². The number of nitrogens with one attached hydrogen (secondary N) is 1. The molecule has 0 saturated carbocycles. The second-order valence-corrected chi connectivity index (χ2v) is 5.33. The number of nitrogens with zero attached hydrogens (tertiary/aromatic N) is 1. The molecule has 2 unspecified atom stereocenters. The van der Waals surface area contributed by atoms with Crippen molar-refractivity contribution in [1.29, 1.82) is 0 Å². The first-order chi connectivity index (χ1) is 8.97. The third kappa shape index (κ3) is 4.71. The van der Waals surface area contributed by atoms with Gasteiger partial charge in [0.1, 0.15) is 5.02 Å². The molecule has 1 N–H and O–H groups in total. The first kappa shape index (κ1) is 15.8. The van der Waals surface area contributed by atoms with E-state index in [2.05, 4.69) is 26.1 Å². The van der Waals surface area contributed by atoms with Crippen molar-refractivity contribution in [2.24, 2.45) is 5.92 Å². The fourth-order valence-corrected chi connectivity index (χ4v) is 2.14. The molecule has 0 aliphatic carbocycles. The second kappa shape index (κ2) is 7.34. The van der Waals surface area contributed by atoms with Crippen LogP contribution in [0.5, 0.6) is 0 Å². The van der Waals surface area contributed by atoms with E-state index in [4.69, 9.17) is 11.6 Å². The fraction of sp³-hybridized carbons (Fsp3) is 0.571. The Morgan fingerprint density at radius 3 is 2.58 bits per heavy atom. The minimum Gasteiger partial charge on any atom is -0.382 e. The molecule has 5 heteroatoms. The van der Waals surface area contributed by atoms with Gasteiger partial charge in [0.05, 0.1) is 4.92 Å². The van der Waals surface area contributed by atoms with Gasteiger partial charge in [-0.1, -0.05) is 38.8 Å². The molecule has 1 rings (SSSR count). The van der Waals surface area contributed by atoms with Crippen LogP contribution in [0.15, 0.2) is 18.2 Å². The summed E-state index contributed by atoms with van der Waals surface area (Å²) in [5.41, 5.74) is 0.705. The van der Waals surface area contributed by atoms with E-state index in [9.17, 15) is 10.1 Å². The van der Waals surface area contributed by atoms with Gasteiger partial charge in [-0.15, -0.1) is 0 Å². The fourth-order valence-electron chi connectivity index (χ4n) is 1.96. The Morgan fingerprint density at radius 1 is 1.37 bits per heavy atom. The molecule has 4 nitrogen and oxygen atoms in total. The Balaban J connectivity index is 2.80. The van der Waals surface area contributed by atoms with E-state index in [1.54, 1.807) is 12.1 Å². The molecule has 0 spiro atoms. The summed E-state index contributed by atoms with van der Waals surface area (Å²) in [6.07, 6.45) is 3.18. The summed E-state index contributed by atoms with van der Waals surface area (Å²) in [4.78, 5) is 10.4. The molecule has 1 aromatic carbocycles. The summed E-state index contributed by atoms with van der Waals surface area (Å²) in [5, 5.41) is 14.4. The van der Waals surface area contributed by atoms with Crippen molar-refractivity contribution in [1.82, 2.24) is 0 Å². The largest absolute Gasteiger partial charge is 0.382 e. The zero-order chi connectivity index (χ0) is 14.4. The average molecular weight is 285 g/mol. The number of hydrogen-bond donors (Lipinski definition) is 1. The zero-order valence-electron chi connectivity index (χ0n) is 11.6. The summed E-state index contributed by atoms with van der Waals surface area (Å²) in [7, 11) is 0. The van der Waals surface area contributed by atoms with Crippen LogP contribution >= 0.6 is 11.6 Å². The van der Waals surface area contributed by atoms with Crippen molar-refractivity contribution in [2.75, 3.05) is 5.32 Å². The standard InChI is InChI=1S/C14H21ClN2O2/c1-4-10(3)8-11(5-2)16-12-6-7-13(15)14(9-12)17(18)19/h6-7,9-11,16H,4-5,8H2,1-3H3. The van der Waals surface area contributed by atoms with Gasteiger partial charge in [0, 0.05) is 17.8 Å². The van der Waals surface area contributed by atoms with E-state index in [0.717, 1.165) is 24.9 Å². The normalized spacial score (nSPS) is 13.9. The second-order valence-electron chi connectivity index (χ2n) is 4.92. The number of rotatable bonds is 7. The molecule has 0 radical (unpaired) electrons. The van der Waals surface area contributed by atoms with Gasteiger partial charge in [-0.05, 0) is 30.9 Å².